The molecule has 1 atom stereocenters. The highest BCUT2D eigenvalue weighted by Crippen LogP contribution is 2.28. The maximum absolute atomic E-state index is 14.0. The van der Waals surface area contributed by atoms with Crippen LogP contribution in [0.2, 0.25) is 5.02 Å². The number of aromatic nitrogens is 1. The Labute approximate surface area is 172 Å². The van der Waals surface area contributed by atoms with Gasteiger partial charge in [0.05, 0.1) is 5.69 Å². The van der Waals surface area contributed by atoms with Crippen LogP contribution in [0.1, 0.15) is 16.1 Å². The fourth-order valence-electron chi connectivity index (χ4n) is 3.90. The molecule has 29 heavy (non-hydrogen) atoms. The summed E-state index contributed by atoms with van der Waals surface area (Å²) >= 11 is 6.08. The number of para-hydroxylation sites is 1. The molecular formula is C21H21ClFN3O3. The molecule has 0 amide bonds. The molecule has 3 aromatic rings. The van der Waals surface area contributed by atoms with Crippen LogP contribution < -0.4 is 4.90 Å². The van der Waals surface area contributed by atoms with Crippen LogP contribution in [0, 0.1) is 5.82 Å². The van der Waals surface area contributed by atoms with Gasteiger partial charge >= 0.3 is 5.97 Å². The van der Waals surface area contributed by atoms with Gasteiger partial charge in [0.1, 0.15) is 17.7 Å². The average Bonchev–Trinajstić information content (AvgIpc) is 3.06. The van der Waals surface area contributed by atoms with E-state index < -0.39 is 12.2 Å². The SMILES string of the molecule is O=C(O)c1[nH]c2ccc(Cl)cc2c1CC(O)N1CCN(c2ccccc2F)CC1. The Kier molecular flexibility index (Phi) is 5.45. The lowest BCUT2D eigenvalue weighted by molar-refractivity contribution is 0.00111. The molecule has 3 N–H and O–H groups in total. The molecule has 1 unspecified atom stereocenters. The Morgan fingerprint density at radius 1 is 1.17 bits per heavy atom. The van der Waals surface area contributed by atoms with E-state index in [1.54, 1.807) is 36.4 Å². The number of piperazine rings is 1. The van der Waals surface area contributed by atoms with Crippen molar-refractivity contribution in [2.24, 2.45) is 0 Å². The minimum Gasteiger partial charge on any atom is -0.477 e. The number of aromatic carboxylic acids is 1. The molecule has 0 spiro atoms. The van der Waals surface area contributed by atoms with Crippen molar-refractivity contribution in [1.82, 2.24) is 9.88 Å². The second-order valence-electron chi connectivity index (χ2n) is 7.13. The normalized spacial score (nSPS) is 16.3. The summed E-state index contributed by atoms with van der Waals surface area (Å²) in [5, 5.41) is 21.5. The molecule has 0 aliphatic carbocycles. The van der Waals surface area contributed by atoms with E-state index >= 15 is 0 Å². The predicted octanol–water partition coefficient (Wildman–Crippen LogP) is 3.34. The molecule has 4 rings (SSSR count). The summed E-state index contributed by atoms with van der Waals surface area (Å²) in [6, 6.07) is 11.8. The van der Waals surface area contributed by atoms with Crippen molar-refractivity contribution in [3.05, 3.63) is 64.6 Å². The summed E-state index contributed by atoms with van der Waals surface area (Å²) in [5.41, 5.74) is 1.81. The van der Waals surface area contributed by atoms with Gasteiger partial charge in [-0.15, -0.1) is 0 Å². The molecule has 2 heterocycles. The van der Waals surface area contributed by atoms with Crippen LogP contribution in [0.3, 0.4) is 0 Å². The monoisotopic (exact) mass is 417 g/mol. The van der Waals surface area contributed by atoms with Gasteiger partial charge in [-0.2, -0.15) is 0 Å². The highest BCUT2D eigenvalue weighted by Gasteiger charge is 2.26. The molecule has 1 aliphatic rings. The van der Waals surface area contributed by atoms with Gasteiger partial charge in [-0.05, 0) is 35.9 Å². The Morgan fingerprint density at radius 3 is 2.59 bits per heavy atom. The van der Waals surface area contributed by atoms with Crippen molar-refractivity contribution in [3.63, 3.8) is 0 Å². The number of aliphatic hydroxyl groups is 1. The number of aromatic amines is 1. The van der Waals surface area contributed by atoms with Crippen LogP contribution in [0.15, 0.2) is 42.5 Å². The van der Waals surface area contributed by atoms with Crippen molar-refractivity contribution in [2.45, 2.75) is 12.6 Å². The summed E-state index contributed by atoms with van der Waals surface area (Å²) < 4.78 is 14.0. The number of nitrogens with one attached hydrogen (secondary N) is 1. The molecule has 6 nitrogen and oxygen atoms in total. The maximum atomic E-state index is 14.0. The molecule has 1 aliphatic heterocycles. The number of hydrogen-bond donors (Lipinski definition) is 3. The van der Waals surface area contributed by atoms with E-state index in [-0.39, 0.29) is 17.9 Å². The van der Waals surface area contributed by atoms with E-state index in [0.29, 0.717) is 53.4 Å². The molecule has 152 valence electrons. The number of nitrogens with zero attached hydrogens (tertiary/aromatic N) is 2. The fraction of sp³-hybridized carbons (Fsp3) is 0.286. The second-order valence-corrected chi connectivity index (χ2v) is 7.57. The highest BCUT2D eigenvalue weighted by molar-refractivity contribution is 6.31. The largest absolute Gasteiger partial charge is 0.477 e. The third kappa shape index (κ3) is 3.94. The molecule has 1 fully saturated rings. The predicted molar refractivity (Wildman–Crippen MR) is 110 cm³/mol. The smallest absolute Gasteiger partial charge is 0.352 e. The highest BCUT2D eigenvalue weighted by atomic mass is 35.5. The van der Waals surface area contributed by atoms with Crippen LogP contribution in [0.25, 0.3) is 10.9 Å². The molecule has 8 heteroatoms. The summed E-state index contributed by atoms with van der Waals surface area (Å²) in [6.07, 6.45) is -0.698. The van der Waals surface area contributed by atoms with E-state index in [4.69, 9.17) is 11.6 Å². The van der Waals surface area contributed by atoms with Gasteiger partial charge in [0.25, 0.3) is 0 Å². The van der Waals surface area contributed by atoms with E-state index in [1.807, 2.05) is 9.80 Å². The topological polar surface area (TPSA) is 79.8 Å². The molecule has 1 saturated heterocycles. The van der Waals surface area contributed by atoms with Gasteiger partial charge in [0.15, 0.2) is 0 Å². The summed E-state index contributed by atoms with van der Waals surface area (Å²) in [6.45, 7) is 2.23. The molecule has 0 saturated carbocycles. The van der Waals surface area contributed by atoms with Crippen molar-refractivity contribution in [1.29, 1.82) is 0 Å². The molecule has 1 aromatic heterocycles. The lowest BCUT2D eigenvalue weighted by Crippen LogP contribution is -2.51. The van der Waals surface area contributed by atoms with Crippen LogP contribution in [-0.4, -0.2) is 58.5 Å². The summed E-state index contributed by atoms with van der Waals surface area (Å²) in [7, 11) is 0. The van der Waals surface area contributed by atoms with Gasteiger partial charge in [-0.1, -0.05) is 23.7 Å². The van der Waals surface area contributed by atoms with Crippen molar-refractivity contribution < 1.29 is 19.4 Å². The molecule has 0 bridgehead atoms. The number of rotatable bonds is 5. The fourth-order valence-corrected chi connectivity index (χ4v) is 4.07. The first-order valence-electron chi connectivity index (χ1n) is 9.39. The Balaban J connectivity index is 1.50. The second kappa shape index (κ2) is 8.02. The van der Waals surface area contributed by atoms with Crippen LogP contribution in [0.5, 0.6) is 0 Å². The minimum atomic E-state index is -1.08. The number of hydrogen-bond acceptors (Lipinski definition) is 4. The average molecular weight is 418 g/mol. The van der Waals surface area contributed by atoms with Gasteiger partial charge in [0, 0.05) is 48.5 Å². The first kappa shape index (κ1) is 19.7. The van der Waals surface area contributed by atoms with E-state index in [0.717, 1.165) is 0 Å². The number of fused-ring (bicyclic) bond motifs is 1. The van der Waals surface area contributed by atoms with Crippen molar-refractivity contribution in [3.8, 4) is 0 Å². The zero-order valence-electron chi connectivity index (χ0n) is 15.6. The number of carbonyl (C=O) groups is 1. The molecule has 0 radical (unpaired) electrons. The number of benzene rings is 2. The standard InChI is InChI=1S/C21H21ClFN3O3/c22-13-5-6-17-14(11-13)15(20(24-17)21(28)29)12-19(27)26-9-7-25(8-10-26)18-4-2-1-3-16(18)23/h1-6,11,19,24,27H,7-10,12H2,(H,28,29). The zero-order valence-corrected chi connectivity index (χ0v) is 16.4. The van der Waals surface area contributed by atoms with Crippen molar-refractivity contribution >= 4 is 34.2 Å². The number of carboxylic acids is 1. The Hall–Kier alpha value is -2.61. The molecule has 2 aromatic carbocycles. The number of anilines is 1. The van der Waals surface area contributed by atoms with Gasteiger partial charge in [0.2, 0.25) is 0 Å². The van der Waals surface area contributed by atoms with E-state index in [2.05, 4.69) is 4.98 Å². The maximum Gasteiger partial charge on any atom is 0.352 e. The van der Waals surface area contributed by atoms with Crippen molar-refractivity contribution in [2.75, 3.05) is 31.1 Å². The lowest BCUT2D eigenvalue weighted by atomic mass is 10.1. The van der Waals surface area contributed by atoms with Crippen LogP contribution in [0.4, 0.5) is 10.1 Å². The number of H-pyrrole nitrogens is 1. The number of carboxylic acid groups (broad SMARTS) is 1. The zero-order chi connectivity index (χ0) is 20.5. The lowest BCUT2D eigenvalue weighted by Gasteiger charge is -2.38. The third-order valence-electron chi connectivity index (χ3n) is 5.40. The number of aliphatic hydroxyl groups excluding tert-OH is 1. The first-order chi connectivity index (χ1) is 13.9. The van der Waals surface area contributed by atoms with E-state index in [1.165, 1.54) is 6.07 Å². The summed E-state index contributed by atoms with van der Waals surface area (Å²) in [4.78, 5) is 18.4. The van der Waals surface area contributed by atoms with E-state index in [9.17, 15) is 19.4 Å². The Morgan fingerprint density at radius 2 is 1.90 bits per heavy atom. The molecular weight excluding hydrogens is 397 g/mol. The minimum absolute atomic E-state index is 0.0614. The van der Waals surface area contributed by atoms with Gasteiger partial charge < -0.3 is 20.1 Å². The van der Waals surface area contributed by atoms with Crippen LogP contribution >= 0.6 is 11.6 Å². The first-order valence-corrected chi connectivity index (χ1v) is 9.77. The Bertz CT molecular complexity index is 1050. The van der Waals surface area contributed by atoms with Gasteiger partial charge in [-0.25, -0.2) is 9.18 Å². The van der Waals surface area contributed by atoms with Crippen LogP contribution in [-0.2, 0) is 6.42 Å². The number of halogens is 2. The third-order valence-corrected chi connectivity index (χ3v) is 5.63. The quantitative estimate of drug-likeness (QED) is 0.593. The summed E-state index contributed by atoms with van der Waals surface area (Å²) in [5.74, 6) is -1.34. The van der Waals surface area contributed by atoms with Gasteiger partial charge in [-0.3, -0.25) is 4.90 Å².